The van der Waals surface area contributed by atoms with Crippen LogP contribution in [0.1, 0.15) is 11.3 Å². The Balaban J connectivity index is 2.09. The van der Waals surface area contributed by atoms with E-state index in [1.165, 1.54) is 0 Å². The van der Waals surface area contributed by atoms with Gasteiger partial charge in [-0.05, 0) is 41.3 Å². The average Bonchev–Trinajstić information content (AvgIpc) is 2.68. The number of methoxy groups -OCH3 is 4. The van der Waals surface area contributed by atoms with E-state index in [1.807, 2.05) is 30.3 Å². The van der Waals surface area contributed by atoms with E-state index in [-0.39, 0.29) is 0 Å². The summed E-state index contributed by atoms with van der Waals surface area (Å²) in [6.45, 7) is 0. The quantitative estimate of drug-likeness (QED) is 0.585. The minimum absolute atomic E-state index is 0.633. The molecule has 0 aliphatic heterocycles. The van der Waals surface area contributed by atoms with E-state index in [1.54, 1.807) is 34.6 Å². The van der Waals surface area contributed by atoms with Crippen LogP contribution in [0.3, 0.4) is 0 Å². The maximum absolute atomic E-state index is 5.44. The van der Waals surface area contributed by atoms with Gasteiger partial charge in [0.05, 0.1) is 34.1 Å². The number of pyridine rings is 1. The third-order valence-corrected chi connectivity index (χ3v) is 5.00. The molecule has 0 atom stereocenters. The van der Waals surface area contributed by atoms with Crippen molar-refractivity contribution in [3.63, 3.8) is 0 Å². The molecule has 0 radical (unpaired) electrons. The Labute approximate surface area is 161 Å². The molecule has 3 rings (SSSR count). The predicted octanol–water partition coefficient (Wildman–Crippen LogP) is 4.62. The predicted molar refractivity (Wildman–Crippen MR) is 105 cm³/mol. The Kier molecular flexibility index (Phi) is 5.52. The topological polar surface area (TPSA) is 49.8 Å². The number of rotatable bonds is 6. The second kappa shape index (κ2) is 7.83. The van der Waals surface area contributed by atoms with E-state index in [4.69, 9.17) is 18.9 Å². The summed E-state index contributed by atoms with van der Waals surface area (Å²) in [5, 5.41) is 2.07. The smallest absolute Gasteiger partial charge is 0.161 e. The van der Waals surface area contributed by atoms with Crippen LogP contribution in [0.2, 0.25) is 0 Å². The fourth-order valence-electron chi connectivity index (χ4n) is 2.91. The normalized spacial score (nSPS) is 10.7. The Morgan fingerprint density at radius 3 is 2.04 bits per heavy atom. The molecule has 5 nitrogen and oxygen atoms in total. The summed E-state index contributed by atoms with van der Waals surface area (Å²) >= 11 is 3.62. The van der Waals surface area contributed by atoms with E-state index in [9.17, 15) is 0 Å². The van der Waals surface area contributed by atoms with Crippen LogP contribution in [-0.2, 0) is 6.42 Å². The van der Waals surface area contributed by atoms with Crippen molar-refractivity contribution in [2.45, 2.75) is 6.42 Å². The highest BCUT2D eigenvalue weighted by atomic mass is 79.9. The summed E-state index contributed by atoms with van der Waals surface area (Å²) in [7, 11) is 6.51. The zero-order chi connectivity index (χ0) is 18.7. The lowest BCUT2D eigenvalue weighted by Gasteiger charge is -2.14. The monoisotopic (exact) mass is 417 g/mol. The summed E-state index contributed by atoms with van der Waals surface area (Å²) in [5.41, 5.74) is 1.99. The van der Waals surface area contributed by atoms with Gasteiger partial charge in [0.2, 0.25) is 0 Å². The van der Waals surface area contributed by atoms with E-state index in [0.717, 1.165) is 26.5 Å². The first-order chi connectivity index (χ1) is 12.6. The van der Waals surface area contributed by atoms with Gasteiger partial charge in [-0.25, -0.2) is 0 Å². The van der Waals surface area contributed by atoms with Crippen LogP contribution in [0.15, 0.2) is 41.0 Å². The van der Waals surface area contributed by atoms with Gasteiger partial charge in [-0.2, -0.15) is 0 Å². The summed E-state index contributed by atoms with van der Waals surface area (Å²) in [4.78, 5) is 4.58. The van der Waals surface area contributed by atoms with Gasteiger partial charge in [0.25, 0.3) is 0 Å². The van der Waals surface area contributed by atoms with Crippen LogP contribution >= 0.6 is 15.9 Å². The van der Waals surface area contributed by atoms with Gasteiger partial charge < -0.3 is 18.9 Å². The van der Waals surface area contributed by atoms with Crippen LogP contribution in [0.5, 0.6) is 23.0 Å². The van der Waals surface area contributed by atoms with Crippen LogP contribution in [0, 0.1) is 0 Å². The maximum atomic E-state index is 5.44. The van der Waals surface area contributed by atoms with Gasteiger partial charge in [0.1, 0.15) is 0 Å². The SMILES string of the molecule is COc1cc(Br)c(Cc2nccc3cc(OC)c(OC)cc23)cc1OC. The van der Waals surface area contributed by atoms with Crippen LogP contribution < -0.4 is 18.9 Å². The van der Waals surface area contributed by atoms with Crippen molar-refractivity contribution < 1.29 is 18.9 Å². The Hall–Kier alpha value is -2.47. The molecule has 6 heteroatoms. The van der Waals surface area contributed by atoms with Crippen molar-refractivity contribution >= 4 is 26.7 Å². The number of hydrogen-bond acceptors (Lipinski definition) is 5. The molecule has 0 saturated heterocycles. The van der Waals surface area contributed by atoms with Gasteiger partial charge in [-0.1, -0.05) is 15.9 Å². The zero-order valence-corrected chi connectivity index (χ0v) is 16.7. The molecule has 0 aliphatic carbocycles. The number of ether oxygens (including phenoxy) is 4. The third kappa shape index (κ3) is 3.42. The molecule has 3 aromatic rings. The number of fused-ring (bicyclic) bond motifs is 1. The van der Waals surface area contributed by atoms with Gasteiger partial charge in [0, 0.05) is 22.5 Å². The van der Waals surface area contributed by atoms with Crippen LogP contribution in [0.4, 0.5) is 0 Å². The van der Waals surface area contributed by atoms with Crippen molar-refractivity contribution in [2.75, 3.05) is 28.4 Å². The Morgan fingerprint density at radius 1 is 0.808 bits per heavy atom. The second-order valence-corrected chi connectivity index (χ2v) is 6.52. The summed E-state index contributed by atoms with van der Waals surface area (Å²) in [5.74, 6) is 2.75. The second-order valence-electron chi connectivity index (χ2n) is 5.66. The minimum Gasteiger partial charge on any atom is -0.493 e. The molecule has 0 amide bonds. The van der Waals surface area contributed by atoms with Gasteiger partial charge in [-0.15, -0.1) is 0 Å². The van der Waals surface area contributed by atoms with E-state index in [0.29, 0.717) is 29.4 Å². The molecule has 1 aromatic heterocycles. The van der Waals surface area contributed by atoms with Crippen molar-refractivity contribution in [2.24, 2.45) is 0 Å². The summed E-state index contributed by atoms with van der Waals surface area (Å²) < 4.78 is 22.5. The molecule has 0 spiro atoms. The summed E-state index contributed by atoms with van der Waals surface area (Å²) in [6.07, 6.45) is 2.44. The highest BCUT2D eigenvalue weighted by Crippen LogP contribution is 2.36. The largest absolute Gasteiger partial charge is 0.493 e. The molecule has 26 heavy (non-hydrogen) atoms. The molecule has 2 aromatic carbocycles. The van der Waals surface area contributed by atoms with E-state index in [2.05, 4.69) is 20.9 Å². The Bertz CT molecular complexity index is 943. The first kappa shape index (κ1) is 18.3. The molecular weight excluding hydrogens is 398 g/mol. The van der Waals surface area contributed by atoms with Crippen molar-refractivity contribution in [1.82, 2.24) is 4.98 Å². The molecule has 0 aliphatic rings. The fraction of sp³-hybridized carbons (Fsp3) is 0.250. The van der Waals surface area contributed by atoms with Gasteiger partial charge in [0.15, 0.2) is 23.0 Å². The van der Waals surface area contributed by atoms with Crippen LogP contribution in [-0.4, -0.2) is 33.4 Å². The molecule has 0 bridgehead atoms. The summed E-state index contributed by atoms with van der Waals surface area (Å²) in [6, 6.07) is 9.76. The average molecular weight is 418 g/mol. The van der Waals surface area contributed by atoms with Crippen molar-refractivity contribution in [1.29, 1.82) is 0 Å². The molecule has 0 N–H and O–H groups in total. The lowest BCUT2D eigenvalue weighted by Crippen LogP contribution is -1.99. The number of nitrogens with zero attached hydrogens (tertiary/aromatic N) is 1. The lowest BCUT2D eigenvalue weighted by atomic mass is 10.0. The highest BCUT2D eigenvalue weighted by molar-refractivity contribution is 9.10. The first-order valence-corrected chi connectivity index (χ1v) is 8.80. The molecular formula is C20H20BrNO4. The van der Waals surface area contributed by atoms with Gasteiger partial charge in [-0.3, -0.25) is 4.98 Å². The zero-order valence-electron chi connectivity index (χ0n) is 15.1. The molecule has 0 fully saturated rings. The molecule has 0 unspecified atom stereocenters. The maximum Gasteiger partial charge on any atom is 0.161 e. The van der Waals surface area contributed by atoms with Crippen molar-refractivity contribution in [3.05, 3.63) is 52.3 Å². The van der Waals surface area contributed by atoms with Crippen LogP contribution in [0.25, 0.3) is 10.8 Å². The molecule has 1 heterocycles. The highest BCUT2D eigenvalue weighted by Gasteiger charge is 2.14. The molecule has 136 valence electrons. The van der Waals surface area contributed by atoms with Crippen molar-refractivity contribution in [3.8, 4) is 23.0 Å². The number of hydrogen-bond donors (Lipinski definition) is 0. The lowest BCUT2D eigenvalue weighted by molar-refractivity contribution is 0.354. The fourth-order valence-corrected chi connectivity index (χ4v) is 3.38. The van der Waals surface area contributed by atoms with E-state index >= 15 is 0 Å². The number of benzene rings is 2. The number of aromatic nitrogens is 1. The molecule has 0 saturated carbocycles. The standard InChI is InChI=1S/C20H20BrNO4/c1-23-17-8-12-5-6-22-16(14(12)10-19(17)25-3)7-13-9-18(24-2)20(26-4)11-15(13)21/h5-6,8-11H,7H2,1-4H3. The minimum atomic E-state index is 0.633. The number of halogens is 1. The third-order valence-electron chi connectivity index (χ3n) is 4.26. The van der Waals surface area contributed by atoms with E-state index < -0.39 is 0 Å². The Morgan fingerprint density at radius 2 is 1.38 bits per heavy atom. The van der Waals surface area contributed by atoms with Gasteiger partial charge >= 0.3 is 0 Å². The first-order valence-electron chi connectivity index (χ1n) is 8.01.